The maximum absolute atomic E-state index is 4.58. The van der Waals surface area contributed by atoms with E-state index in [1.54, 1.807) is 11.3 Å². The van der Waals surface area contributed by atoms with Crippen molar-refractivity contribution in [3.8, 4) is 0 Å². The zero-order valence-corrected chi connectivity index (χ0v) is 11.6. The van der Waals surface area contributed by atoms with Crippen LogP contribution in [-0.4, -0.2) is 21.6 Å². The summed E-state index contributed by atoms with van der Waals surface area (Å²) in [5.41, 5.74) is 2.34. The normalized spacial score (nSPS) is 11.1. The van der Waals surface area contributed by atoms with E-state index in [2.05, 4.69) is 33.7 Å². The summed E-state index contributed by atoms with van der Waals surface area (Å²) in [5, 5.41) is 4.31. The number of hydrogen-bond acceptors (Lipinski definition) is 4. The second-order valence-electron chi connectivity index (χ2n) is 4.16. The van der Waals surface area contributed by atoms with Gasteiger partial charge in [0.2, 0.25) is 0 Å². The Morgan fingerprint density at radius 1 is 1.35 bits per heavy atom. The van der Waals surface area contributed by atoms with Crippen molar-refractivity contribution >= 4 is 11.3 Å². The summed E-state index contributed by atoms with van der Waals surface area (Å²) in [5.74, 6) is 1.04. The Labute approximate surface area is 106 Å². The molecule has 2 aromatic rings. The van der Waals surface area contributed by atoms with Gasteiger partial charge in [0.15, 0.2) is 0 Å². The molecule has 2 heterocycles. The number of thiazole rings is 1. The molecule has 0 aliphatic carbocycles. The summed E-state index contributed by atoms with van der Waals surface area (Å²) >= 11 is 1.77. The van der Waals surface area contributed by atoms with Gasteiger partial charge in [-0.15, -0.1) is 11.3 Å². The van der Waals surface area contributed by atoms with E-state index in [-0.39, 0.29) is 0 Å². The molecule has 92 valence electrons. The summed E-state index contributed by atoms with van der Waals surface area (Å²) < 4.78 is 2.22. The average Bonchev–Trinajstić information content (AvgIpc) is 2.77. The Balaban J connectivity index is 2.25. The van der Waals surface area contributed by atoms with E-state index < -0.39 is 0 Å². The minimum Gasteiger partial charge on any atom is -0.324 e. The van der Waals surface area contributed by atoms with E-state index in [0.717, 1.165) is 29.6 Å². The van der Waals surface area contributed by atoms with Gasteiger partial charge in [-0.05, 0) is 27.8 Å². The molecular formula is C12H18N4S. The zero-order valence-electron chi connectivity index (χ0n) is 10.7. The van der Waals surface area contributed by atoms with Gasteiger partial charge in [0, 0.05) is 17.6 Å². The van der Waals surface area contributed by atoms with Crippen LogP contribution in [0.2, 0.25) is 0 Å². The van der Waals surface area contributed by atoms with Crippen molar-refractivity contribution in [2.45, 2.75) is 33.9 Å². The van der Waals surface area contributed by atoms with Crippen LogP contribution in [0, 0.1) is 20.8 Å². The Morgan fingerprint density at radius 3 is 2.71 bits per heavy atom. The number of aromatic nitrogens is 3. The van der Waals surface area contributed by atoms with Gasteiger partial charge in [-0.3, -0.25) is 0 Å². The molecule has 0 bridgehead atoms. The Hall–Kier alpha value is -1.20. The topological polar surface area (TPSA) is 42.7 Å². The second kappa shape index (κ2) is 4.98. The molecule has 0 saturated heterocycles. The fourth-order valence-corrected chi connectivity index (χ4v) is 2.72. The highest BCUT2D eigenvalue weighted by Crippen LogP contribution is 2.18. The SMILES string of the molecule is CNCc1cnc(C)n1Cc1nc(C)c(C)s1. The molecule has 0 aromatic carbocycles. The first-order valence-electron chi connectivity index (χ1n) is 5.70. The third-order valence-electron chi connectivity index (χ3n) is 2.86. The van der Waals surface area contributed by atoms with E-state index in [4.69, 9.17) is 0 Å². The number of rotatable bonds is 4. The molecular weight excluding hydrogens is 232 g/mol. The molecule has 0 spiro atoms. The van der Waals surface area contributed by atoms with Gasteiger partial charge in [-0.2, -0.15) is 0 Å². The fourth-order valence-electron chi connectivity index (χ4n) is 1.80. The fraction of sp³-hybridized carbons (Fsp3) is 0.500. The monoisotopic (exact) mass is 250 g/mol. The first-order chi connectivity index (χ1) is 8.11. The van der Waals surface area contributed by atoms with Crippen molar-refractivity contribution in [1.29, 1.82) is 0 Å². The first kappa shape index (κ1) is 12.3. The third kappa shape index (κ3) is 2.56. The number of nitrogens with one attached hydrogen (secondary N) is 1. The molecule has 0 aliphatic rings. The van der Waals surface area contributed by atoms with Gasteiger partial charge in [-0.1, -0.05) is 0 Å². The minimum atomic E-state index is 0.822. The van der Waals surface area contributed by atoms with Crippen molar-refractivity contribution in [2.75, 3.05) is 7.05 Å². The molecule has 0 fully saturated rings. The van der Waals surface area contributed by atoms with E-state index in [9.17, 15) is 0 Å². The highest BCUT2D eigenvalue weighted by molar-refractivity contribution is 7.11. The van der Waals surface area contributed by atoms with Crippen molar-refractivity contribution in [3.05, 3.63) is 33.3 Å². The Bertz CT molecular complexity index is 493. The van der Waals surface area contributed by atoms with E-state index >= 15 is 0 Å². The standard InChI is InChI=1S/C12H18N4S/c1-8-9(2)17-12(15-8)7-16-10(3)14-6-11(16)5-13-4/h6,13H,5,7H2,1-4H3. The summed E-state index contributed by atoms with van der Waals surface area (Å²) in [4.78, 5) is 10.2. The van der Waals surface area contributed by atoms with Gasteiger partial charge < -0.3 is 9.88 Å². The van der Waals surface area contributed by atoms with Crippen molar-refractivity contribution in [2.24, 2.45) is 0 Å². The molecule has 0 amide bonds. The highest BCUT2D eigenvalue weighted by atomic mass is 32.1. The van der Waals surface area contributed by atoms with Crippen LogP contribution in [0.3, 0.4) is 0 Å². The first-order valence-corrected chi connectivity index (χ1v) is 6.52. The van der Waals surface area contributed by atoms with Crippen molar-refractivity contribution < 1.29 is 0 Å². The second-order valence-corrected chi connectivity index (χ2v) is 5.45. The van der Waals surface area contributed by atoms with Gasteiger partial charge in [-0.25, -0.2) is 9.97 Å². The molecule has 0 aliphatic heterocycles. The zero-order chi connectivity index (χ0) is 12.4. The maximum atomic E-state index is 4.58. The van der Waals surface area contributed by atoms with Crippen LogP contribution < -0.4 is 5.32 Å². The van der Waals surface area contributed by atoms with Crippen LogP contribution in [0.1, 0.15) is 27.1 Å². The molecule has 0 atom stereocenters. The van der Waals surface area contributed by atoms with Gasteiger partial charge >= 0.3 is 0 Å². The number of imidazole rings is 1. The maximum Gasteiger partial charge on any atom is 0.113 e. The van der Waals surface area contributed by atoms with Crippen LogP contribution in [0.4, 0.5) is 0 Å². The molecule has 0 saturated carbocycles. The molecule has 2 rings (SSSR count). The Morgan fingerprint density at radius 2 is 2.12 bits per heavy atom. The van der Waals surface area contributed by atoms with E-state index in [0.29, 0.717) is 0 Å². The van der Waals surface area contributed by atoms with Crippen molar-refractivity contribution in [3.63, 3.8) is 0 Å². The largest absolute Gasteiger partial charge is 0.324 e. The van der Waals surface area contributed by atoms with Gasteiger partial charge in [0.1, 0.15) is 10.8 Å². The highest BCUT2D eigenvalue weighted by Gasteiger charge is 2.09. The van der Waals surface area contributed by atoms with Crippen molar-refractivity contribution in [1.82, 2.24) is 19.9 Å². The molecule has 1 N–H and O–H groups in total. The number of nitrogens with zero attached hydrogens (tertiary/aromatic N) is 3. The number of aryl methyl sites for hydroxylation is 3. The van der Waals surface area contributed by atoms with E-state index in [1.165, 1.54) is 10.6 Å². The van der Waals surface area contributed by atoms with Crippen LogP contribution in [0.25, 0.3) is 0 Å². The lowest BCUT2D eigenvalue weighted by atomic mass is 10.4. The lowest BCUT2D eigenvalue weighted by Gasteiger charge is -2.07. The predicted molar refractivity (Wildman–Crippen MR) is 70.4 cm³/mol. The molecule has 0 radical (unpaired) electrons. The Kier molecular flexibility index (Phi) is 3.59. The van der Waals surface area contributed by atoms with Gasteiger partial charge in [0.25, 0.3) is 0 Å². The van der Waals surface area contributed by atoms with Crippen LogP contribution in [0.5, 0.6) is 0 Å². The molecule has 2 aromatic heterocycles. The van der Waals surface area contributed by atoms with Crippen LogP contribution in [-0.2, 0) is 13.1 Å². The van der Waals surface area contributed by atoms with Crippen LogP contribution >= 0.6 is 11.3 Å². The quantitative estimate of drug-likeness (QED) is 0.903. The average molecular weight is 250 g/mol. The summed E-state index contributed by atoms with van der Waals surface area (Å²) in [6.45, 7) is 7.87. The smallest absolute Gasteiger partial charge is 0.113 e. The minimum absolute atomic E-state index is 0.822. The summed E-state index contributed by atoms with van der Waals surface area (Å²) in [7, 11) is 1.95. The van der Waals surface area contributed by atoms with Crippen LogP contribution in [0.15, 0.2) is 6.20 Å². The summed E-state index contributed by atoms with van der Waals surface area (Å²) in [6, 6.07) is 0. The number of hydrogen-bond donors (Lipinski definition) is 1. The van der Waals surface area contributed by atoms with E-state index in [1.807, 2.05) is 20.2 Å². The predicted octanol–water partition coefficient (Wildman–Crippen LogP) is 2.03. The molecule has 17 heavy (non-hydrogen) atoms. The lowest BCUT2D eigenvalue weighted by molar-refractivity contribution is 0.673. The summed E-state index contributed by atoms with van der Waals surface area (Å²) in [6.07, 6.45) is 1.93. The van der Waals surface area contributed by atoms with Gasteiger partial charge in [0.05, 0.1) is 17.9 Å². The molecule has 0 unspecified atom stereocenters. The third-order valence-corrected chi connectivity index (χ3v) is 3.92. The molecule has 4 nitrogen and oxygen atoms in total. The lowest BCUT2D eigenvalue weighted by Crippen LogP contribution is -2.12. The molecule has 5 heteroatoms.